The largest absolute Gasteiger partial charge is 0.760 e. The van der Waals surface area contributed by atoms with Crippen LogP contribution in [0, 0.1) is 28.1 Å². The summed E-state index contributed by atoms with van der Waals surface area (Å²) in [5.41, 5.74) is -2.70. The number of Topliss-reactive ketones (excluding diaryl/α,β-unsaturated/α-hetero) is 1. The van der Waals surface area contributed by atoms with E-state index in [9.17, 15) is 32.7 Å². The number of carbonyl (C=O) groups is 5. The molecule has 0 spiro atoms. The van der Waals surface area contributed by atoms with Crippen molar-refractivity contribution in [1.29, 1.82) is 0 Å². The number of carbonyl (C=O) groups excluding carboxylic acids is 5. The zero-order valence-corrected chi connectivity index (χ0v) is 28.9. The summed E-state index contributed by atoms with van der Waals surface area (Å²) in [6.07, 6.45) is 3.11. The van der Waals surface area contributed by atoms with E-state index >= 15 is 0 Å². The highest BCUT2D eigenvalue weighted by molar-refractivity contribution is 7.76. The lowest BCUT2D eigenvalue weighted by atomic mass is 9.73. The number of urea groups is 1. The maximum atomic E-state index is 14.3. The van der Waals surface area contributed by atoms with E-state index in [0.717, 1.165) is 17.1 Å². The van der Waals surface area contributed by atoms with Gasteiger partial charge in [-0.05, 0) is 67.2 Å². The van der Waals surface area contributed by atoms with E-state index in [1.165, 1.54) is 11.9 Å². The molecule has 5 amide bonds. The Kier molecular flexibility index (Phi) is 9.58. The highest BCUT2D eigenvalue weighted by atomic mass is 32.2. The number of likely N-dealkylation sites (tertiary alicyclic amines) is 1. The highest BCUT2D eigenvalue weighted by Gasteiger charge is 2.70. The van der Waals surface area contributed by atoms with Crippen molar-refractivity contribution in [1.82, 2.24) is 30.5 Å². The van der Waals surface area contributed by atoms with Gasteiger partial charge in [-0.2, -0.15) is 0 Å². The van der Waals surface area contributed by atoms with Crippen molar-refractivity contribution in [3.05, 3.63) is 0 Å². The number of hydrogen-bond acceptors (Lipinski definition) is 7. The summed E-state index contributed by atoms with van der Waals surface area (Å²) in [4.78, 5) is 69.1. The van der Waals surface area contributed by atoms with Crippen molar-refractivity contribution in [2.45, 2.75) is 117 Å². The van der Waals surface area contributed by atoms with Crippen LogP contribution in [0.2, 0.25) is 0 Å². The summed E-state index contributed by atoms with van der Waals surface area (Å²) in [7, 11) is 1.41. The standard InChI is InChI=1S/C31H52N6O7S/c1-28(2,3)19(16-36(9)45(43)44)33-27(42)34-22(29(4,5)6)26(41)37-15-18-20(30(18,7)8)21(37)24(39)35-31(13-10-14-31)23(38)25(40)32-17-11-12-17/h17-22H,10-16H2,1-9H3,(H,32,40)(H,35,39)(H,43,44)(H2,33,34,42)/p-1/t18?,19-,20?,21+,22+/m1/s1. The molecule has 0 radical (unpaired) electrons. The number of nitrogens with one attached hydrogen (secondary N) is 4. The minimum absolute atomic E-state index is 0.0134. The normalized spacial score (nSPS) is 26.9. The van der Waals surface area contributed by atoms with Gasteiger partial charge < -0.3 is 30.7 Å². The first-order valence-electron chi connectivity index (χ1n) is 16.0. The summed E-state index contributed by atoms with van der Waals surface area (Å²) in [5.74, 6) is -2.23. The Morgan fingerprint density at radius 3 is 2.07 bits per heavy atom. The van der Waals surface area contributed by atoms with Crippen LogP contribution in [0.3, 0.4) is 0 Å². The van der Waals surface area contributed by atoms with Crippen LogP contribution < -0.4 is 21.3 Å². The Morgan fingerprint density at radius 2 is 1.60 bits per heavy atom. The van der Waals surface area contributed by atoms with Crippen LogP contribution in [0.1, 0.15) is 87.5 Å². The smallest absolute Gasteiger partial charge is 0.315 e. The highest BCUT2D eigenvalue weighted by Crippen LogP contribution is 2.65. The Hall–Kier alpha value is -2.58. The second-order valence-electron chi connectivity index (χ2n) is 16.3. The van der Waals surface area contributed by atoms with Crippen molar-refractivity contribution < 1.29 is 32.7 Å². The molecule has 254 valence electrons. The number of likely N-dealkylation sites (N-methyl/N-ethyl adjacent to an activating group) is 1. The second kappa shape index (κ2) is 12.2. The molecule has 0 aromatic rings. The molecule has 3 unspecified atom stereocenters. The molecule has 4 rings (SSSR count). The van der Waals surface area contributed by atoms with Gasteiger partial charge in [-0.25, -0.2) is 9.10 Å². The van der Waals surface area contributed by atoms with Gasteiger partial charge in [0.05, 0.1) is 0 Å². The van der Waals surface area contributed by atoms with Crippen molar-refractivity contribution >= 4 is 40.8 Å². The van der Waals surface area contributed by atoms with Gasteiger partial charge in [-0.1, -0.05) is 55.4 Å². The van der Waals surface area contributed by atoms with Gasteiger partial charge in [0.15, 0.2) is 0 Å². The van der Waals surface area contributed by atoms with Gasteiger partial charge in [0.1, 0.15) is 17.6 Å². The van der Waals surface area contributed by atoms with Gasteiger partial charge in [-0.3, -0.25) is 23.4 Å². The molecule has 3 aliphatic carbocycles. The van der Waals surface area contributed by atoms with E-state index in [0.29, 0.717) is 25.8 Å². The number of rotatable bonds is 11. The third-order valence-electron chi connectivity index (χ3n) is 10.3. The minimum Gasteiger partial charge on any atom is -0.760 e. The molecule has 4 N–H and O–H groups in total. The van der Waals surface area contributed by atoms with E-state index in [1.807, 2.05) is 41.5 Å². The molecule has 0 bridgehead atoms. The quantitative estimate of drug-likeness (QED) is 0.191. The van der Waals surface area contributed by atoms with Crippen molar-refractivity contribution in [3.63, 3.8) is 0 Å². The molecule has 45 heavy (non-hydrogen) atoms. The van der Waals surface area contributed by atoms with Crippen LogP contribution in [0.4, 0.5) is 4.79 Å². The number of piperidine rings is 1. The average Bonchev–Trinajstić information content (AvgIpc) is 3.74. The topological polar surface area (TPSA) is 180 Å². The third kappa shape index (κ3) is 7.38. The van der Waals surface area contributed by atoms with Gasteiger partial charge in [0, 0.05) is 36.4 Å². The summed E-state index contributed by atoms with van der Waals surface area (Å²) in [6, 6.07) is -3.04. The lowest BCUT2D eigenvalue weighted by Crippen LogP contribution is -2.67. The van der Waals surface area contributed by atoms with Crippen molar-refractivity contribution in [2.75, 3.05) is 20.1 Å². The molecule has 0 aromatic heterocycles. The Balaban J connectivity index is 1.52. The summed E-state index contributed by atoms with van der Waals surface area (Å²) >= 11 is -2.47. The van der Waals surface area contributed by atoms with E-state index in [4.69, 9.17) is 0 Å². The fourth-order valence-corrected chi connectivity index (χ4v) is 7.03. The van der Waals surface area contributed by atoms with Crippen LogP contribution in [-0.4, -0.2) is 97.3 Å². The maximum Gasteiger partial charge on any atom is 0.315 e. The first kappa shape index (κ1) is 35.3. The van der Waals surface area contributed by atoms with Crippen molar-refractivity contribution in [3.8, 4) is 0 Å². The summed E-state index contributed by atoms with van der Waals surface area (Å²) in [5, 5.41) is 11.3. The molecule has 3 saturated carbocycles. The maximum absolute atomic E-state index is 14.3. The minimum atomic E-state index is -2.47. The SMILES string of the molecule is CN(C[C@@H](NC(=O)N[C@@H](C(=O)N1CC2C([C@H]1C(=O)NC1(C(=O)C(=O)NC3CC3)CCC1)C2(C)C)C(C)(C)C)C(C)(C)C)S(=O)[O-]. The van der Waals surface area contributed by atoms with E-state index in [-0.39, 0.29) is 29.8 Å². The van der Waals surface area contributed by atoms with Crippen LogP contribution in [0.25, 0.3) is 0 Å². The van der Waals surface area contributed by atoms with Crippen LogP contribution in [-0.2, 0) is 30.4 Å². The van der Waals surface area contributed by atoms with Gasteiger partial charge in [-0.15, -0.1) is 0 Å². The lowest BCUT2D eigenvalue weighted by molar-refractivity contribution is -0.149. The van der Waals surface area contributed by atoms with E-state index in [2.05, 4.69) is 35.1 Å². The van der Waals surface area contributed by atoms with Crippen LogP contribution in [0.5, 0.6) is 0 Å². The lowest BCUT2D eigenvalue weighted by Gasteiger charge is -2.43. The Bertz CT molecular complexity index is 1250. The molecule has 6 atom stereocenters. The number of fused-ring (bicyclic) bond motifs is 1. The van der Waals surface area contributed by atoms with Gasteiger partial charge in [0.25, 0.3) is 5.91 Å². The molecule has 4 aliphatic rings. The zero-order chi connectivity index (χ0) is 33.9. The number of nitrogens with zero attached hydrogens (tertiary/aromatic N) is 2. The second-order valence-corrected chi connectivity index (χ2v) is 17.3. The first-order chi connectivity index (χ1) is 20.6. The van der Waals surface area contributed by atoms with Crippen molar-refractivity contribution in [2.24, 2.45) is 28.1 Å². The van der Waals surface area contributed by atoms with E-state index < -0.39 is 75.3 Å². The first-order valence-corrected chi connectivity index (χ1v) is 17.0. The molecule has 14 heteroatoms. The number of hydrogen-bond donors (Lipinski definition) is 4. The molecular formula is C31H51N6O7S-. The van der Waals surface area contributed by atoms with Gasteiger partial charge in [0.2, 0.25) is 17.6 Å². The number of ketones is 1. The van der Waals surface area contributed by atoms with Gasteiger partial charge >= 0.3 is 6.03 Å². The molecular weight excluding hydrogens is 600 g/mol. The predicted molar refractivity (Wildman–Crippen MR) is 167 cm³/mol. The molecule has 0 aromatic carbocycles. The third-order valence-corrected chi connectivity index (χ3v) is 11.0. The molecule has 1 saturated heterocycles. The molecule has 1 heterocycles. The fourth-order valence-electron chi connectivity index (χ4n) is 6.76. The molecule has 13 nitrogen and oxygen atoms in total. The van der Waals surface area contributed by atoms with Crippen LogP contribution in [0.15, 0.2) is 0 Å². The predicted octanol–water partition coefficient (Wildman–Crippen LogP) is 1.21. The Labute approximate surface area is 269 Å². The Morgan fingerprint density at radius 1 is 1.00 bits per heavy atom. The fraction of sp³-hybridized carbons (Fsp3) is 0.839. The number of amides is 5. The average molecular weight is 652 g/mol. The monoisotopic (exact) mass is 651 g/mol. The van der Waals surface area contributed by atoms with Crippen LogP contribution >= 0.6 is 0 Å². The summed E-state index contributed by atoms with van der Waals surface area (Å²) < 4.78 is 24.0. The molecule has 4 fully saturated rings. The summed E-state index contributed by atoms with van der Waals surface area (Å²) in [6.45, 7) is 15.6. The van der Waals surface area contributed by atoms with E-state index in [1.54, 1.807) is 0 Å². The molecule has 1 aliphatic heterocycles. The zero-order valence-electron chi connectivity index (χ0n) is 28.1.